The number of carbonyl (C=O) groups excluding carboxylic acids is 2. The molecule has 0 radical (unpaired) electrons. The number of esters is 2. The van der Waals surface area contributed by atoms with Gasteiger partial charge >= 0.3 is 30.3 Å². The minimum Gasteiger partial charge on any atom is -0.481 e. The minimum atomic E-state index is -1.82. The number of nitrogens with two attached hydrogens (primary N) is 1. The van der Waals surface area contributed by atoms with E-state index in [1.807, 2.05) is 0 Å². The van der Waals surface area contributed by atoms with Gasteiger partial charge in [-0.15, -0.1) is 0 Å². The Labute approximate surface area is 115 Å². The fourth-order valence-electron chi connectivity index (χ4n) is 0.613. The Balaban J connectivity index is 0. The van der Waals surface area contributed by atoms with E-state index in [1.54, 1.807) is 0 Å². The van der Waals surface area contributed by atoms with E-state index in [4.69, 9.17) is 15.9 Å². The Morgan fingerprint density at radius 1 is 0.900 bits per heavy atom. The van der Waals surface area contributed by atoms with E-state index in [0.717, 1.165) is 0 Å². The van der Waals surface area contributed by atoms with Crippen LogP contribution in [0.15, 0.2) is 0 Å². The van der Waals surface area contributed by atoms with Gasteiger partial charge in [-0.2, -0.15) is 0 Å². The highest BCUT2D eigenvalue weighted by atomic mass is 16.7. The summed E-state index contributed by atoms with van der Waals surface area (Å²) in [6.07, 6.45) is -1.06. The lowest BCUT2D eigenvalue weighted by molar-refractivity contribution is -0.187. The van der Waals surface area contributed by atoms with Gasteiger partial charge in [0.1, 0.15) is 12.8 Å². The fraction of sp³-hybridized carbons (Fsp3) is 0.636. The highest BCUT2D eigenvalue weighted by Gasteiger charge is 2.18. The number of unbranched alkanes of at least 4 members (excludes halogenated alkanes) is 1. The Kier molecular flexibility index (Phi) is 12.0. The number of carboxylic acid groups (broad SMARTS) is 2. The summed E-state index contributed by atoms with van der Waals surface area (Å²) in [4.78, 5) is 41.4. The van der Waals surface area contributed by atoms with Gasteiger partial charge in [-0.1, -0.05) is 26.7 Å². The van der Waals surface area contributed by atoms with Crippen LogP contribution in [0, 0.1) is 0 Å². The molecule has 9 nitrogen and oxygen atoms in total. The summed E-state index contributed by atoms with van der Waals surface area (Å²) in [5.74, 6) is -5.28. The molecule has 0 unspecified atom stereocenters. The molecular formula is C11H19NO8. The molecule has 0 spiro atoms. The van der Waals surface area contributed by atoms with Crippen LogP contribution in [0.5, 0.6) is 0 Å². The van der Waals surface area contributed by atoms with E-state index in [-0.39, 0.29) is 0 Å². The number of ether oxygens (including phenoxy) is 2. The quantitative estimate of drug-likeness (QED) is 0.336. The van der Waals surface area contributed by atoms with Crippen LogP contribution >= 0.6 is 0 Å². The van der Waals surface area contributed by atoms with E-state index in [9.17, 15) is 19.2 Å². The standard InChI is InChI=1S/C7H9NO8.C4H10/c8-7(15-5(13)1-3(9)10)16-6(14)2-4(11)12;1-3-4-2/h7H,1-2,8H2,(H,9,10)(H,11,12);3-4H2,1-2H3. The number of rotatable bonds is 7. The van der Waals surface area contributed by atoms with Crippen LogP contribution in [-0.4, -0.2) is 40.5 Å². The molecule has 0 amide bonds. The molecule has 0 aliphatic rings. The first-order valence-electron chi connectivity index (χ1n) is 5.81. The Bertz CT molecular complexity index is 309. The van der Waals surface area contributed by atoms with Crippen LogP contribution in [-0.2, 0) is 28.7 Å². The largest absolute Gasteiger partial charge is 0.481 e. The number of carbonyl (C=O) groups is 4. The minimum absolute atomic E-state index is 0.940. The second kappa shape index (κ2) is 11.9. The van der Waals surface area contributed by atoms with Crippen LogP contribution < -0.4 is 5.73 Å². The molecule has 0 aromatic rings. The van der Waals surface area contributed by atoms with Gasteiger partial charge in [0, 0.05) is 0 Å². The molecule has 9 heteroatoms. The molecule has 0 fully saturated rings. The van der Waals surface area contributed by atoms with Crippen molar-refractivity contribution in [3.63, 3.8) is 0 Å². The first-order chi connectivity index (χ1) is 9.22. The van der Waals surface area contributed by atoms with Crippen molar-refractivity contribution in [2.45, 2.75) is 45.9 Å². The summed E-state index contributed by atoms with van der Waals surface area (Å²) in [5.41, 5.74) is 4.95. The topological polar surface area (TPSA) is 153 Å². The normalized spacial score (nSPS) is 9.20. The summed E-state index contributed by atoms with van der Waals surface area (Å²) >= 11 is 0. The zero-order valence-electron chi connectivity index (χ0n) is 11.3. The van der Waals surface area contributed by atoms with E-state index in [2.05, 4.69) is 23.3 Å². The molecule has 0 saturated carbocycles. The van der Waals surface area contributed by atoms with Gasteiger partial charge in [0.05, 0.1) is 0 Å². The van der Waals surface area contributed by atoms with Crippen molar-refractivity contribution in [2.24, 2.45) is 5.73 Å². The van der Waals surface area contributed by atoms with Gasteiger partial charge in [0.15, 0.2) is 0 Å². The summed E-state index contributed by atoms with van der Waals surface area (Å²) in [6, 6.07) is 0. The van der Waals surface area contributed by atoms with Crippen molar-refractivity contribution < 1.29 is 38.9 Å². The Hall–Kier alpha value is -2.16. The molecule has 0 aliphatic heterocycles. The van der Waals surface area contributed by atoms with Crippen molar-refractivity contribution in [2.75, 3.05) is 0 Å². The van der Waals surface area contributed by atoms with E-state index >= 15 is 0 Å². The Morgan fingerprint density at radius 3 is 1.40 bits per heavy atom. The monoisotopic (exact) mass is 293 g/mol. The summed E-state index contributed by atoms with van der Waals surface area (Å²) in [6.45, 7) is 4.36. The molecule has 4 N–H and O–H groups in total. The third-order valence-corrected chi connectivity index (χ3v) is 1.59. The fourth-order valence-corrected chi connectivity index (χ4v) is 0.613. The average Bonchev–Trinajstić information content (AvgIpc) is 2.26. The highest BCUT2D eigenvalue weighted by Crippen LogP contribution is 1.95. The molecule has 0 aromatic carbocycles. The lowest BCUT2D eigenvalue weighted by Crippen LogP contribution is -2.33. The SMILES string of the molecule is CCCC.NC(OC(=O)CC(=O)O)OC(=O)CC(=O)O. The number of hydrogen-bond donors (Lipinski definition) is 3. The van der Waals surface area contributed by atoms with Crippen LogP contribution in [0.1, 0.15) is 39.5 Å². The van der Waals surface area contributed by atoms with Crippen LogP contribution in [0.4, 0.5) is 0 Å². The van der Waals surface area contributed by atoms with Gasteiger partial charge < -0.3 is 19.7 Å². The van der Waals surface area contributed by atoms with Crippen LogP contribution in [0.3, 0.4) is 0 Å². The van der Waals surface area contributed by atoms with Gasteiger partial charge in [-0.25, -0.2) is 0 Å². The average molecular weight is 293 g/mol. The molecule has 20 heavy (non-hydrogen) atoms. The molecule has 0 bridgehead atoms. The van der Waals surface area contributed by atoms with Crippen LogP contribution in [0.25, 0.3) is 0 Å². The van der Waals surface area contributed by atoms with Gasteiger partial charge in [-0.3, -0.25) is 24.9 Å². The molecule has 0 heterocycles. The second-order valence-corrected chi connectivity index (χ2v) is 3.49. The first kappa shape index (κ1) is 20.2. The molecule has 0 aromatic heterocycles. The van der Waals surface area contributed by atoms with Gasteiger partial charge in [0.25, 0.3) is 0 Å². The summed E-state index contributed by atoms with van der Waals surface area (Å²) in [5, 5.41) is 16.3. The first-order valence-corrected chi connectivity index (χ1v) is 5.81. The van der Waals surface area contributed by atoms with Crippen molar-refractivity contribution >= 4 is 23.9 Å². The maximum Gasteiger partial charge on any atom is 0.321 e. The molecular weight excluding hydrogens is 274 g/mol. The van der Waals surface area contributed by atoms with E-state index in [0.29, 0.717) is 0 Å². The lowest BCUT2D eigenvalue weighted by Gasteiger charge is -2.12. The summed E-state index contributed by atoms with van der Waals surface area (Å²) in [7, 11) is 0. The maximum absolute atomic E-state index is 10.7. The van der Waals surface area contributed by atoms with Crippen molar-refractivity contribution in [1.82, 2.24) is 0 Å². The molecule has 0 aliphatic carbocycles. The predicted octanol–water partition coefficient (Wildman–Crippen LogP) is 0.0709. The van der Waals surface area contributed by atoms with Crippen LogP contribution in [0.2, 0.25) is 0 Å². The molecule has 0 atom stereocenters. The molecule has 0 rings (SSSR count). The lowest BCUT2D eigenvalue weighted by atomic mass is 10.4. The Morgan fingerprint density at radius 2 is 1.20 bits per heavy atom. The summed E-state index contributed by atoms with van der Waals surface area (Å²) < 4.78 is 8.27. The van der Waals surface area contributed by atoms with Gasteiger partial charge in [-0.05, 0) is 0 Å². The number of carboxylic acids is 2. The maximum atomic E-state index is 10.7. The van der Waals surface area contributed by atoms with E-state index in [1.165, 1.54) is 12.8 Å². The van der Waals surface area contributed by atoms with Crippen molar-refractivity contribution in [3.8, 4) is 0 Å². The van der Waals surface area contributed by atoms with Gasteiger partial charge in [0.2, 0.25) is 0 Å². The van der Waals surface area contributed by atoms with Crippen molar-refractivity contribution in [3.05, 3.63) is 0 Å². The zero-order valence-corrected chi connectivity index (χ0v) is 11.3. The molecule has 0 saturated heterocycles. The van der Waals surface area contributed by atoms with Crippen molar-refractivity contribution in [1.29, 1.82) is 0 Å². The zero-order chi connectivity index (χ0) is 16.1. The third-order valence-electron chi connectivity index (χ3n) is 1.59. The predicted molar refractivity (Wildman–Crippen MR) is 65.2 cm³/mol. The smallest absolute Gasteiger partial charge is 0.321 e. The molecule has 116 valence electrons. The number of hydrogen-bond acceptors (Lipinski definition) is 7. The second-order valence-electron chi connectivity index (χ2n) is 3.49. The van der Waals surface area contributed by atoms with E-state index < -0.39 is 43.1 Å². The highest BCUT2D eigenvalue weighted by molar-refractivity contribution is 5.91. The number of aliphatic carboxylic acids is 2. The third kappa shape index (κ3) is 15.8.